The summed E-state index contributed by atoms with van der Waals surface area (Å²) in [7, 11) is 0. The van der Waals surface area contributed by atoms with Gasteiger partial charge in [0.25, 0.3) is 0 Å². The molecule has 0 unspecified atom stereocenters. The van der Waals surface area contributed by atoms with Crippen molar-refractivity contribution in [1.82, 2.24) is 10.3 Å². The Bertz CT molecular complexity index is 891. The van der Waals surface area contributed by atoms with Gasteiger partial charge in [-0.3, -0.25) is 4.79 Å². The molecule has 3 rings (SSSR count). The number of thiazole rings is 1. The van der Waals surface area contributed by atoms with Gasteiger partial charge in [0.2, 0.25) is 5.91 Å². The average molecular weight is 412 g/mol. The molecule has 0 saturated heterocycles. The first-order valence-electron chi connectivity index (χ1n) is 7.43. The largest absolute Gasteiger partial charge is 0.352 e. The van der Waals surface area contributed by atoms with Gasteiger partial charge in [-0.15, -0.1) is 11.3 Å². The number of nitrogens with zero attached hydrogens (tertiary/aromatic N) is 1. The molecule has 7 heteroatoms. The molecule has 25 heavy (non-hydrogen) atoms. The first-order valence-corrected chi connectivity index (χ1v) is 9.45. The molecule has 1 N–H and O–H groups in total. The van der Waals surface area contributed by atoms with Crippen LogP contribution in [0.5, 0.6) is 0 Å². The number of amides is 1. The predicted octanol–water partition coefficient (Wildman–Crippen LogP) is 5.63. The lowest BCUT2D eigenvalue weighted by molar-refractivity contribution is -0.120. The van der Waals surface area contributed by atoms with Crippen LogP contribution in [-0.4, -0.2) is 10.9 Å². The maximum absolute atomic E-state index is 12.1. The van der Waals surface area contributed by atoms with E-state index in [2.05, 4.69) is 10.3 Å². The van der Waals surface area contributed by atoms with Crippen molar-refractivity contribution in [3.05, 3.63) is 74.2 Å². The van der Waals surface area contributed by atoms with Crippen LogP contribution in [-0.2, 0) is 17.8 Å². The Kier molecular flexibility index (Phi) is 5.97. The summed E-state index contributed by atoms with van der Waals surface area (Å²) in [5.74, 6) is -0.123. The van der Waals surface area contributed by atoms with Crippen molar-refractivity contribution in [2.75, 3.05) is 0 Å². The van der Waals surface area contributed by atoms with Crippen molar-refractivity contribution in [3.8, 4) is 10.6 Å². The van der Waals surface area contributed by atoms with Crippen molar-refractivity contribution >= 4 is 52.0 Å². The van der Waals surface area contributed by atoms with Crippen LogP contribution < -0.4 is 5.32 Å². The fraction of sp³-hybridized carbons (Fsp3) is 0.111. The minimum atomic E-state index is -0.123. The molecule has 128 valence electrons. The number of hydrogen-bond donors (Lipinski definition) is 1. The summed E-state index contributed by atoms with van der Waals surface area (Å²) in [6, 6.07) is 12.7. The highest BCUT2D eigenvalue weighted by Gasteiger charge is 2.14. The molecule has 1 amide bonds. The zero-order valence-electron chi connectivity index (χ0n) is 12.9. The number of halogens is 3. The summed E-state index contributed by atoms with van der Waals surface area (Å²) >= 11 is 19.9. The van der Waals surface area contributed by atoms with Gasteiger partial charge in [-0.2, -0.15) is 0 Å². The van der Waals surface area contributed by atoms with Gasteiger partial charge >= 0.3 is 0 Å². The van der Waals surface area contributed by atoms with Crippen LogP contribution in [0.25, 0.3) is 10.6 Å². The topological polar surface area (TPSA) is 42.0 Å². The number of carbonyl (C=O) groups excluding carboxylic acids is 1. The molecule has 0 saturated carbocycles. The highest BCUT2D eigenvalue weighted by molar-refractivity contribution is 7.13. The van der Waals surface area contributed by atoms with E-state index in [0.717, 1.165) is 5.56 Å². The minimum Gasteiger partial charge on any atom is -0.352 e. The summed E-state index contributed by atoms with van der Waals surface area (Å²) in [6.07, 6.45) is 0.184. The molecule has 0 fully saturated rings. The maximum Gasteiger partial charge on any atom is 0.226 e. The number of rotatable bonds is 5. The number of aromatic nitrogens is 1. The average Bonchev–Trinajstić information content (AvgIpc) is 3.02. The summed E-state index contributed by atoms with van der Waals surface area (Å²) in [5.41, 5.74) is 2.24. The van der Waals surface area contributed by atoms with E-state index in [-0.39, 0.29) is 12.3 Å². The third kappa shape index (κ3) is 4.53. The van der Waals surface area contributed by atoms with E-state index in [0.29, 0.717) is 37.9 Å². The number of nitrogens with one attached hydrogen (secondary N) is 1. The fourth-order valence-electron chi connectivity index (χ4n) is 2.27. The molecule has 3 nitrogen and oxygen atoms in total. The molecular weight excluding hydrogens is 399 g/mol. The molecule has 0 bridgehead atoms. The standard InChI is InChI=1S/C18H13Cl3N2OS/c19-13-5-2-1-4-11(13)9-22-16(24)8-12-10-25-18(23-12)17-14(20)6-3-7-15(17)21/h1-7,10H,8-9H2,(H,22,24). The molecule has 3 aromatic rings. The van der Waals surface area contributed by atoms with Crippen molar-refractivity contribution in [2.45, 2.75) is 13.0 Å². The third-order valence-corrected chi connectivity index (χ3v) is 5.41. The van der Waals surface area contributed by atoms with Gasteiger partial charge in [-0.1, -0.05) is 59.1 Å². The van der Waals surface area contributed by atoms with E-state index in [1.165, 1.54) is 11.3 Å². The van der Waals surface area contributed by atoms with Gasteiger partial charge in [0.05, 0.1) is 22.2 Å². The molecule has 1 heterocycles. The van der Waals surface area contributed by atoms with Crippen molar-refractivity contribution < 1.29 is 4.79 Å². The van der Waals surface area contributed by atoms with Crippen molar-refractivity contribution in [3.63, 3.8) is 0 Å². The van der Waals surface area contributed by atoms with Gasteiger partial charge < -0.3 is 5.32 Å². The molecule has 2 aromatic carbocycles. The van der Waals surface area contributed by atoms with Crippen LogP contribution in [0.3, 0.4) is 0 Å². The lowest BCUT2D eigenvalue weighted by atomic mass is 10.2. The third-order valence-electron chi connectivity index (χ3n) is 3.50. The molecule has 0 aliphatic rings. The predicted molar refractivity (Wildman–Crippen MR) is 105 cm³/mol. The van der Waals surface area contributed by atoms with Crippen LogP contribution in [0.15, 0.2) is 47.8 Å². The second-order valence-corrected chi connectivity index (χ2v) is 7.37. The van der Waals surface area contributed by atoms with Crippen molar-refractivity contribution in [1.29, 1.82) is 0 Å². The molecular formula is C18H13Cl3N2OS. The van der Waals surface area contributed by atoms with Crippen LogP contribution in [0.4, 0.5) is 0 Å². The van der Waals surface area contributed by atoms with E-state index in [1.54, 1.807) is 24.3 Å². The quantitative estimate of drug-likeness (QED) is 0.591. The smallest absolute Gasteiger partial charge is 0.226 e. The lowest BCUT2D eigenvalue weighted by Crippen LogP contribution is -2.24. The van der Waals surface area contributed by atoms with Gasteiger partial charge in [-0.05, 0) is 23.8 Å². The maximum atomic E-state index is 12.1. The van der Waals surface area contributed by atoms with Crippen LogP contribution >= 0.6 is 46.1 Å². The van der Waals surface area contributed by atoms with Crippen LogP contribution in [0, 0.1) is 0 Å². The Hall–Kier alpha value is -1.59. The Morgan fingerprint density at radius 2 is 1.68 bits per heavy atom. The zero-order valence-corrected chi connectivity index (χ0v) is 16.0. The molecule has 0 aliphatic heterocycles. The first-order chi connectivity index (χ1) is 12.0. The Morgan fingerprint density at radius 3 is 2.40 bits per heavy atom. The van der Waals surface area contributed by atoms with Crippen molar-refractivity contribution in [2.24, 2.45) is 0 Å². The first kappa shape index (κ1) is 18.2. The second kappa shape index (κ2) is 8.19. The van der Waals surface area contributed by atoms with Crippen LogP contribution in [0.1, 0.15) is 11.3 Å². The monoisotopic (exact) mass is 410 g/mol. The van der Waals surface area contributed by atoms with Gasteiger partial charge in [-0.25, -0.2) is 4.98 Å². The Morgan fingerprint density at radius 1 is 1.00 bits per heavy atom. The summed E-state index contributed by atoms with van der Waals surface area (Å²) in [4.78, 5) is 16.6. The number of hydrogen-bond acceptors (Lipinski definition) is 3. The molecule has 0 radical (unpaired) electrons. The Balaban J connectivity index is 1.65. The molecule has 0 atom stereocenters. The van der Waals surface area contributed by atoms with E-state index in [1.807, 2.05) is 23.6 Å². The lowest BCUT2D eigenvalue weighted by Gasteiger charge is -2.06. The zero-order chi connectivity index (χ0) is 17.8. The van der Waals surface area contributed by atoms with Gasteiger partial charge in [0, 0.05) is 22.5 Å². The van der Waals surface area contributed by atoms with E-state index in [4.69, 9.17) is 34.8 Å². The molecule has 1 aromatic heterocycles. The van der Waals surface area contributed by atoms with Gasteiger partial charge in [0.1, 0.15) is 5.01 Å². The van der Waals surface area contributed by atoms with Gasteiger partial charge in [0.15, 0.2) is 0 Å². The number of benzene rings is 2. The fourth-order valence-corrected chi connectivity index (χ4v) is 4.05. The highest BCUT2D eigenvalue weighted by atomic mass is 35.5. The normalized spacial score (nSPS) is 10.7. The summed E-state index contributed by atoms with van der Waals surface area (Å²) < 4.78 is 0. The Labute approximate surface area is 164 Å². The summed E-state index contributed by atoms with van der Waals surface area (Å²) in [6.45, 7) is 0.381. The second-order valence-electron chi connectivity index (χ2n) is 5.29. The van der Waals surface area contributed by atoms with E-state index < -0.39 is 0 Å². The highest BCUT2D eigenvalue weighted by Crippen LogP contribution is 2.36. The van der Waals surface area contributed by atoms with E-state index >= 15 is 0 Å². The number of carbonyl (C=O) groups is 1. The minimum absolute atomic E-state index is 0.123. The molecule has 0 aliphatic carbocycles. The summed E-state index contributed by atoms with van der Waals surface area (Å²) in [5, 5.41) is 7.09. The van der Waals surface area contributed by atoms with E-state index in [9.17, 15) is 4.79 Å². The van der Waals surface area contributed by atoms with Crippen LogP contribution in [0.2, 0.25) is 15.1 Å². The SMILES string of the molecule is O=C(Cc1csc(-c2c(Cl)cccc2Cl)n1)NCc1ccccc1Cl. The molecule has 0 spiro atoms.